The lowest BCUT2D eigenvalue weighted by Crippen LogP contribution is -2.42. The number of hydrogen-bond acceptors (Lipinski definition) is 5. The summed E-state index contributed by atoms with van der Waals surface area (Å²) in [6.07, 6.45) is 0.141. The number of amidine groups is 1. The molecule has 0 spiro atoms. The number of ether oxygens (including phenoxy) is 1. The molecular formula is C10H18N4O4. The van der Waals surface area contributed by atoms with Crippen molar-refractivity contribution in [3.05, 3.63) is 0 Å². The van der Waals surface area contributed by atoms with Crippen molar-refractivity contribution >= 4 is 17.8 Å². The maximum atomic E-state index is 12.0. The number of amides is 2. The van der Waals surface area contributed by atoms with Gasteiger partial charge < -0.3 is 25.9 Å². The van der Waals surface area contributed by atoms with Gasteiger partial charge in [0.1, 0.15) is 0 Å². The van der Waals surface area contributed by atoms with Crippen LogP contribution in [0.2, 0.25) is 0 Å². The van der Waals surface area contributed by atoms with Crippen LogP contribution in [-0.4, -0.2) is 54.2 Å². The number of alkyl carbamates (subject to hydrolysis) is 1. The summed E-state index contributed by atoms with van der Waals surface area (Å²) in [5.74, 6) is -1.02. The Labute approximate surface area is 105 Å². The molecule has 1 aliphatic heterocycles. The van der Waals surface area contributed by atoms with Crippen LogP contribution in [0.1, 0.15) is 13.3 Å². The topological polar surface area (TPSA) is 117 Å². The normalized spacial score (nSPS) is 21.6. The van der Waals surface area contributed by atoms with E-state index in [1.54, 1.807) is 11.8 Å². The van der Waals surface area contributed by atoms with E-state index in [-0.39, 0.29) is 17.8 Å². The predicted octanol–water partition coefficient (Wildman–Crippen LogP) is -0.674. The minimum absolute atomic E-state index is 0.121. The molecule has 2 atom stereocenters. The molecule has 1 heterocycles. The summed E-state index contributed by atoms with van der Waals surface area (Å²) >= 11 is 0. The highest BCUT2D eigenvalue weighted by Gasteiger charge is 2.31. The highest BCUT2D eigenvalue weighted by atomic mass is 16.5. The van der Waals surface area contributed by atoms with Gasteiger partial charge >= 0.3 is 6.09 Å². The summed E-state index contributed by atoms with van der Waals surface area (Å²) in [5, 5.41) is 14.0. The number of hydrogen-bond donors (Lipinski definition) is 3. The Morgan fingerprint density at radius 3 is 2.83 bits per heavy atom. The zero-order valence-corrected chi connectivity index (χ0v) is 10.4. The van der Waals surface area contributed by atoms with Crippen molar-refractivity contribution in [1.82, 2.24) is 10.2 Å². The van der Waals surface area contributed by atoms with Gasteiger partial charge in [0.05, 0.1) is 19.1 Å². The van der Waals surface area contributed by atoms with Crippen LogP contribution in [0.5, 0.6) is 0 Å². The van der Waals surface area contributed by atoms with Gasteiger partial charge in [0.25, 0.3) is 0 Å². The first-order valence-electron chi connectivity index (χ1n) is 5.60. The Morgan fingerprint density at radius 1 is 1.61 bits per heavy atom. The quantitative estimate of drug-likeness (QED) is 0.268. The Bertz CT molecular complexity index is 358. The number of nitrogens with zero attached hydrogens (tertiary/aromatic N) is 2. The molecule has 0 aromatic rings. The molecule has 1 aliphatic rings. The Kier molecular flexibility index (Phi) is 4.75. The fourth-order valence-electron chi connectivity index (χ4n) is 1.79. The number of oxime groups is 1. The molecule has 1 saturated heterocycles. The summed E-state index contributed by atoms with van der Waals surface area (Å²) in [7, 11) is 1.29. The summed E-state index contributed by atoms with van der Waals surface area (Å²) in [5.41, 5.74) is 5.38. The summed E-state index contributed by atoms with van der Waals surface area (Å²) in [4.78, 5) is 24.6. The van der Waals surface area contributed by atoms with Gasteiger partial charge in [0.15, 0.2) is 5.84 Å². The predicted molar refractivity (Wildman–Crippen MR) is 63.1 cm³/mol. The zero-order valence-electron chi connectivity index (χ0n) is 10.4. The first-order chi connectivity index (χ1) is 8.49. The molecule has 0 bridgehead atoms. The van der Waals surface area contributed by atoms with Crippen LogP contribution in [0.4, 0.5) is 4.79 Å². The number of methoxy groups -OCH3 is 1. The van der Waals surface area contributed by atoms with E-state index in [0.29, 0.717) is 19.5 Å². The number of nitrogens with one attached hydrogen (secondary N) is 1. The Balaban J connectivity index is 2.51. The molecule has 8 heteroatoms. The number of nitrogens with two attached hydrogens (primary N) is 1. The van der Waals surface area contributed by atoms with Crippen molar-refractivity contribution < 1.29 is 19.5 Å². The molecule has 0 aromatic heterocycles. The second kappa shape index (κ2) is 6.08. The van der Waals surface area contributed by atoms with Gasteiger partial charge in [-0.25, -0.2) is 4.79 Å². The van der Waals surface area contributed by atoms with Crippen molar-refractivity contribution in [3.63, 3.8) is 0 Å². The molecule has 0 aromatic carbocycles. The van der Waals surface area contributed by atoms with Crippen LogP contribution >= 0.6 is 0 Å². The minimum Gasteiger partial charge on any atom is -0.453 e. The van der Waals surface area contributed by atoms with Crippen molar-refractivity contribution in [2.24, 2.45) is 16.8 Å². The molecule has 18 heavy (non-hydrogen) atoms. The van der Waals surface area contributed by atoms with Crippen LogP contribution in [0.15, 0.2) is 5.16 Å². The third-order valence-electron chi connectivity index (χ3n) is 2.94. The van der Waals surface area contributed by atoms with E-state index in [4.69, 9.17) is 10.9 Å². The van der Waals surface area contributed by atoms with E-state index in [0.717, 1.165) is 0 Å². The van der Waals surface area contributed by atoms with Crippen LogP contribution < -0.4 is 11.1 Å². The third kappa shape index (κ3) is 3.25. The van der Waals surface area contributed by atoms with Gasteiger partial charge in [-0.3, -0.25) is 4.79 Å². The molecule has 8 nitrogen and oxygen atoms in total. The van der Waals surface area contributed by atoms with Gasteiger partial charge in [0, 0.05) is 13.1 Å². The van der Waals surface area contributed by atoms with Gasteiger partial charge in [-0.05, 0) is 13.3 Å². The second-order valence-electron chi connectivity index (χ2n) is 4.15. The van der Waals surface area contributed by atoms with E-state index in [9.17, 15) is 9.59 Å². The fourth-order valence-corrected chi connectivity index (χ4v) is 1.79. The van der Waals surface area contributed by atoms with Crippen LogP contribution in [0, 0.1) is 5.92 Å². The van der Waals surface area contributed by atoms with Gasteiger partial charge in [-0.2, -0.15) is 0 Å². The maximum Gasteiger partial charge on any atom is 0.407 e. The summed E-state index contributed by atoms with van der Waals surface area (Å²) < 4.78 is 4.49. The van der Waals surface area contributed by atoms with Gasteiger partial charge in [-0.1, -0.05) is 5.16 Å². The number of likely N-dealkylation sites (tertiary alicyclic amines) is 1. The lowest BCUT2D eigenvalue weighted by molar-refractivity contribution is -0.131. The maximum absolute atomic E-state index is 12.0. The van der Waals surface area contributed by atoms with E-state index < -0.39 is 12.0 Å². The first-order valence-corrected chi connectivity index (χ1v) is 5.60. The molecule has 1 fully saturated rings. The summed E-state index contributed by atoms with van der Waals surface area (Å²) in [6, 6.07) is -0.124. The monoisotopic (exact) mass is 258 g/mol. The fraction of sp³-hybridized carbons (Fsp3) is 0.700. The average molecular weight is 258 g/mol. The van der Waals surface area contributed by atoms with E-state index in [1.165, 1.54) is 7.11 Å². The second-order valence-corrected chi connectivity index (χ2v) is 4.15. The molecular weight excluding hydrogens is 240 g/mol. The average Bonchev–Trinajstić information content (AvgIpc) is 2.84. The zero-order chi connectivity index (χ0) is 13.7. The number of carbonyl (C=O) groups excluding carboxylic acids is 2. The molecule has 0 aliphatic carbocycles. The molecule has 2 amide bonds. The van der Waals surface area contributed by atoms with Gasteiger partial charge in [-0.15, -0.1) is 0 Å². The van der Waals surface area contributed by atoms with Crippen LogP contribution in [-0.2, 0) is 9.53 Å². The minimum atomic E-state index is -0.674. The van der Waals surface area contributed by atoms with Crippen molar-refractivity contribution in [2.75, 3.05) is 20.2 Å². The molecule has 1 rings (SSSR count). The smallest absolute Gasteiger partial charge is 0.407 e. The standard InChI is InChI=1S/C10H18N4O4/c1-6(8(11)13-17)9(15)14-4-3-7(5-14)12-10(16)18-2/h6-7,17H,3-5H2,1-2H3,(H2,11,13)(H,12,16). The number of carbonyl (C=O) groups is 2. The number of rotatable bonds is 3. The van der Waals surface area contributed by atoms with Crippen molar-refractivity contribution in [3.8, 4) is 0 Å². The highest BCUT2D eigenvalue weighted by molar-refractivity contribution is 6.01. The Hall–Kier alpha value is -1.99. The van der Waals surface area contributed by atoms with Crippen LogP contribution in [0.3, 0.4) is 0 Å². The van der Waals surface area contributed by atoms with E-state index >= 15 is 0 Å². The largest absolute Gasteiger partial charge is 0.453 e. The highest BCUT2D eigenvalue weighted by Crippen LogP contribution is 2.13. The molecule has 0 saturated carbocycles. The van der Waals surface area contributed by atoms with E-state index in [1.807, 2.05) is 0 Å². The lowest BCUT2D eigenvalue weighted by atomic mass is 10.1. The Morgan fingerprint density at radius 2 is 2.28 bits per heavy atom. The van der Waals surface area contributed by atoms with Crippen LogP contribution in [0.25, 0.3) is 0 Å². The molecule has 2 unspecified atom stereocenters. The lowest BCUT2D eigenvalue weighted by Gasteiger charge is -2.20. The molecule has 0 radical (unpaired) electrons. The molecule has 102 valence electrons. The third-order valence-corrected chi connectivity index (χ3v) is 2.94. The molecule has 4 N–H and O–H groups in total. The first kappa shape index (κ1) is 14.1. The summed E-state index contributed by atoms with van der Waals surface area (Å²) in [6.45, 7) is 2.49. The van der Waals surface area contributed by atoms with E-state index in [2.05, 4.69) is 15.2 Å². The van der Waals surface area contributed by atoms with Gasteiger partial charge in [0.2, 0.25) is 5.91 Å². The van der Waals surface area contributed by atoms with Crippen molar-refractivity contribution in [1.29, 1.82) is 0 Å². The SMILES string of the molecule is COC(=O)NC1CCN(C(=O)C(C)C(N)=NO)C1. The van der Waals surface area contributed by atoms with Crippen molar-refractivity contribution in [2.45, 2.75) is 19.4 Å².